The smallest absolute Gasteiger partial charge is 0.0673 e. The van der Waals surface area contributed by atoms with E-state index in [1.54, 1.807) is 0 Å². The van der Waals surface area contributed by atoms with E-state index >= 15 is 0 Å². The number of hydrogen-bond donors (Lipinski definition) is 2. The second-order valence-electron chi connectivity index (χ2n) is 5.73. The maximum Gasteiger partial charge on any atom is 0.0673 e. The Kier molecular flexibility index (Phi) is 4.23. The zero-order valence-electron chi connectivity index (χ0n) is 11.0. The second-order valence-corrected chi connectivity index (χ2v) is 5.73. The fourth-order valence-electron chi connectivity index (χ4n) is 2.99. The van der Waals surface area contributed by atoms with E-state index in [0.29, 0.717) is 12.5 Å². The third-order valence-electron chi connectivity index (χ3n) is 4.46. The molecular weight excluding hydrogens is 214 g/mol. The first-order valence-corrected chi connectivity index (χ1v) is 6.77. The molecule has 3 nitrogen and oxygen atoms in total. The minimum absolute atomic E-state index is 0.177. The predicted octanol–water partition coefficient (Wildman–Crippen LogP) is 1.72. The van der Waals surface area contributed by atoms with Gasteiger partial charge in [-0.2, -0.15) is 0 Å². The van der Waals surface area contributed by atoms with Crippen molar-refractivity contribution in [3.05, 3.63) is 11.6 Å². The highest BCUT2D eigenvalue weighted by atomic mass is 16.5. The minimum Gasteiger partial charge on any atom is -0.394 e. The van der Waals surface area contributed by atoms with E-state index < -0.39 is 0 Å². The molecule has 17 heavy (non-hydrogen) atoms. The number of allylic oxidation sites excluding steroid dienone is 1. The van der Waals surface area contributed by atoms with Gasteiger partial charge < -0.3 is 15.2 Å². The van der Waals surface area contributed by atoms with E-state index in [0.717, 1.165) is 25.5 Å². The largest absolute Gasteiger partial charge is 0.394 e. The molecule has 1 aliphatic carbocycles. The van der Waals surface area contributed by atoms with Gasteiger partial charge in [-0.1, -0.05) is 18.6 Å². The van der Waals surface area contributed by atoms with Gasteiger partial charge in [0, 0.05) is 13.2 Å². The van der Waals surface area contributed by atoms with Crippen molar-refractivity contribution in [2.75, 3.05) is 26.4 Å². The van der Waals surface area contributed by atoms with Crippen LogP contribution in [0, 0.1) is 11.8 Å². The number of nitrogens with one attached hydrogen (secondary N) is 1. The fraction of sp³-hybridized carbons (Fsp3) is 0.857. The molecule has 3 heteroatoms. The van der Waals surface area contributed by atoms with Crippen LogP contribution in [0.15, 0.2) is 11.6 Å². The van der Waals surface area contributed by atoms with Gasteiger partial charge in [-0.3, -0.25) is 0 Å². The molecule has 2 rings (SSSR count). The van der Waals surface area contributed by atoms with Crippen LogP contribution in [-0.4, -0.2) is 37.0 Å². The van der Waals surface area contributed by atoms with Crippen molar-refractivity contribution in [3.8, 4) is 0 Å². The van der Waals surface area contributed by atoms with Crippen molar-refractivity contribution in [1.29, 1.82) is 0 Å². The highest BCUT2D eigenvalue weighted by Gasteiger charge is 2.35. The summed E-state index contributed by atoms with van der Waals surface area (Å²) in [7, 11) is 0. The lowest BCUT2D eigenvalue weighted by atomic mass is 9.79. The fourth-order valence-corrected chi connectivity index (χ4v) is 2.99. The van der Waals surface area contributed by atoms with Crippen molar-refractivity contribution >= 4 is 0 Å². The van der Waals surface area contributed by atoms with Crippen LogP contribution in [0.25, 0.3) is 0 Å². The summed E-state index contributed by atoms with van der Waals surface area (Å²) < 4.78 is 5.41. The highest BCUT2D eigenvalue weighted by molar-refractivity contribution is 5.10. The third kappa shape index (κ3) is 2.90. The number of ether oxygens (including phenoxy) is 1. The molecule has 1 fully saturated rings. The first-order chi connectivity index (χ1) is 8.17. The Morgan fingerprint density at radius 3 is 3.00 bits per heavy atom. The minimum atomic E-state index is -0.183. The van der Waals surface area contributed by atoms with E-state index in [9.17, 15) is 5.11 Å². The highest BCUT2D eigenvalue weighted by Crippen LogP contribution is 2.30. The maximum atomic E-state index is 9.52. The molecule has 2 N–H and O–H groups in total. The maximum absolute atomic E-state index is 9.52. The molecule has 0 spiro atoms. The molecule has 98 valence electrons. The molecule has 0 saturated carbocycles. The lowest BCUT2D eigenvalue weighted by Gasteiger charge is -2.34. The van der Waals surface area contributed by atoms with Crippen LogP contribution in [0.5, 0.6) is 0 Å². The van der Waals surface area contributed by atoms with Gasteiger partial charge in [0.25, 0.3) is 0 Å². The molecular formula is C14H25NO2. The van der Waals surface area contributed by atoms with Gasteiger partial charge in [0.05, 0.1) is 18.8 Å². The van der Waals surface area contributed by atoms with E-state index in [1.807, 2.05) is 0 Å². The van der Waals surface area contributed by atoms with Crippen LogP contribution >= 0.6 is 0 Å². The number of rotatable bonds is 4. The Morgan fingerprint density at radius 1 is 1.59 bits per heavy atom. The molecule has 0 bridgehead atoms. The quantitative estimate of drug-likeness (QED) is 0.734. The van der Waals surface area contributed by atoms with E-state index in [4.69, 9.17) is 4.74 Å². The molecule has 0 amide bonds. The molecule has 0 radical (unpaired) electrons. The predicted molar refractivity (Wildman–Crippen MR) is 68.9 cm³/mol. The van der Waals surface area contributed by atoms with Crippen molar-refractivity contribution in [1.82, 2.24) is 5.32 Å². The van der Waals surface area contributed by atoms with Crippen LogP contribution < -0.4 is 5.32 Å². The summed E-state index contributed by atoms with van der Waals surface area (Å²) in [6.07, 6.45) is 5.79. The van der Waals surface area contributed by atoms with Gasteiger partial charge in [0.1, 0.15) is 0 Å². The lowest BCUT2D eigenvalue weighted by Crippen LogP contribution is -2.51. The van der Waals surface area contributed by atoms with E-state index in [1.165, 1.54) is 18.4 Å². The van der Waals surface area contributed by atoms with Crippen LogP contribution in [0.1, 0.15) is 33.1 Å². The molecule has 0 aromatic carbocycles. The molecule has 1 aliphatic heterocycles. The SMILES string of the molecule is CC1=CCCC(C)C1CNC1(CO)CCOC1. The molecule has 0 aromatic rings. The van der Waals surface area contributed by atoms with Crippen LogP contribution in [0.3, 0.4) is 0 Å². The summed E-state index contributed by atoms with van der Waals surface area (Å²) in [5, 5.41) is 13.1. The number of aliphatic hydroxyl groups excluding tert-OH is 1. The van der Waals surface area contributed by atoms with E-state index in [2.05, 4.69) is 25.2 Å². The zero-order chi connectivity index (χ0) is 12.3. The van der Waals surface area contributed by atoms with Gasteiger partial charge >= 0.3 is 0 Å². The molecule has 2 aliphatic rings. The molecule has 0 aromatic heterocycles. The van der Waals surface area contributed by atoms with Gasteiger partial charge in [-0.15, -0.1) is 0 Å². The van der Waals surface area contributed by atoms with Crippen molar-refractivity contribution in [2.24, 2.45) is 11.8 Å². The molecule has 1 heterocycles. The summed E-state index contributed by atoms with van der Waals surface area (Å²) in [5.74, 6) is 1.36. The normalized spacial score (nSPS) is 38.2. The first kappa shape index (κ1) is 13.1. The standard InChI is InChI=1S/C14H25NO2/c1-11-4-3-5-12(2)13(11)8-15-14(9-16)6-7-17-10-14/h4,12-13,15-16H,3,5-10H2,1-2H3. The number of aliphatic hydroxyl groups is 1. The first-order valence-electron chi connectivity index (χ1n) is 6.77. The summed E-state index contributed by atoms with van der Waals surface area (Å²) in [6, 6.07) is 0. The van der Waals surface area contributed by atoms with Gasteiger partial charge in [0.15, 0.2) is 0 Å². The summed E-state index contributed by atoms with van der Waals surface area (Å²) in [4.78, 5) is 0. The van der Waals surface area contributed by atoms with Crippen molar-refractivity contribution in [2.45, 2.75) is 38.6 Å². The topological polar surface area (TPSA) is 41.5 Å². The second kappa shape index (κ2) is 5.51. The Hall–Kier alpha value is -0.380. The Bertz CT molecular complexity index is 282. The van der Waals surface area contributed by atoms with Gasteiger partial charge in [-0.25, -0.2) is 0 Å². The molecule has 3 unspecified atom stereocenters. The Labute approximate surface area is 104 Å². The average molecular weight is 239 g/mol. The van der Waals surface area contributed by atoms with Gasteiger partial charge in [-0.05, 0) is 38.0 Å². The van der Waals surface area contributed by atoms with E-state index in [-0.39, 0.29) is 12.1 Å². The van der Waals surface area contributed by atoms with Crippen LogP contribution in [0.4, 0.5) is 0 Å². The summed E-state index contributed by atoms with van der Waals surface area (Å²) in [6.45, 7) is 7.12. The van der Waals surface area contributed by atoms with Crippen molar-refractivity contribution < 1.29 is 9.84 Å². The zero-order valence-corrected chi connectivity index (χ0v) is 11.0. The summed E-state index contributed by atoms with van der Waals surface area (Å²) in [5.41, 5.74) is 1.32. The third-order valence-corrected chi connectivity index (χ3v) is 4.46. The van der Waals surface area contributed by atoms with Crippen LogP contribution in [-0.2, 0) is 4.74 Å². The Balaban J connectivity index is 1.92. The monoisotopic (exact) mass is 239 g/mol. The van der Waals surface area contributed by atoms with Crippen molar-refractivity contribution in [3.63, 3.8) is 0 Å². The lowest BCUT2D eigenvalue weighted by molar-refractivity contribution is 0.116. The summed E-state index contributed by atoms with van der Waals surface area (Å²) >= 11 is 0. The van der Waals surface area contributed by atoms with Gasteiger partial charge in [0.2, 0.25) is 0 Å². The average Bonchev–Trinajstić information content (AvgIpc) is 2.78. The molecule has 3 atom stereocenters. The number of hydrogen-bond acceptors (Lipinski definition) is 3. The Morgan fingerprint density at radius 2 is 2.41 bits per heavy atom. The van der Waals surface area contributed by atoms with Crippen LogP contribution in [0.2, 0.25) is 0 Å². The molecule has 1 saturated heterocycles.